The van der Waals surface area contributed by atoms with Gasteiger partial charge in [0, 0.05) is 25.0 Å². The van der Waals surface area contributed by atoms with Crippen molar-refractivity contribution >= 4 is 17.5 Å². The number of hydrogen-bond donors (Lipinski definition) is 2. The van der Waals surface area contributed by atoms with Crippen LogP contribution in [0.15, 0.2) is 36.8 Å². The summed E-state index contributed by atoms with van der Waals surface area (Å²) < 4.78 is 1.58. The highest BCUT2D eigenvalue weighted by molar-refractivity contribution is 5.98. The van der Waals surface area contributed by atoms with Gasteiger partial charge in [-0.05, 0) is 43.9 Å². The lowest BCUT2D eigenvalue weighted by Crippen LogP contribution is -2.42. The van der Waals surface area contributed by atoms with Gasteiger partial charge in [0.25, 0.3) is 0 Å². The fourth-order valence-corrected chi connectivity index (χ4v) is 3.15. The average Bonchev–Trinajstić information content (AvgIpc) is 3.28. The number of carbonyl (C=O) groups is 2. The molecule has 1 aliphatic rings. The number of pyridine rings is 1. The molecule has 1 saturated carbocycles. The Morgan fingerprint density at radius 1 is 1.28 bits per heavy atom. The van der Waals surface area contributed by atoms with Crippen molar-refractivity contribution in [2.75, 3.05) is 5.32 Å². The van der Waals surface area contributed by atoms with Crippen LogP contribution in [-0.2, 0) is 9.59 Å². The monoisotopic (exact) mass is 341 g/mol. The van der Waals surface area contributed by atoms with Gasteiger partial charge in [0.15, 0.2) is 5.82 Å². The maximum atomic E-state index is 12.4. The van der Waals surface area contributed by atoms with E-state index in [1.54, 1.807) is 48.4 Å². The number of anilines is 1. The van der Waals surface area contributed by atoms with Gasteiger partial charge in [-0.2, -0.15) is 5.10 Å². The van der Waals surface area contributed by atoms with Gasteiger partial charge in [0.2, 0.25) is 11.8 Å². The molecule has 0 unspecified atom stereocenters. The van der Waals surface area contributed by atoms with Gasteiger partial charge < -0.3 is 10.6 Å². The predicted octanol–water partition coefficient (Wildman–Crippen LogP) is 2.29. The number of nitrogens with one attached hydrogen (secondary N) is 2. The number of carbonyl (C=O) groups excluding carboxylic acids is 2. The first kappa shape index (κ1) is 17.1. The molecular formula is C18H23N5O2. The number of nitrogens with zero attached hydrogens (tertiary/aromatic N) is 3. The highest BCUT2D eigenvalue weighted by Crippen LogP contribution is 2.27. The lowest BCUT2D eigenvalue weighted by Gasteiger charge is -2.17. The molecule has 2 aromatic rings. The highest BCUT2D eigenvalue weighted by Gasteiger charge is 2.22. The minimum atomic E-state index is -0.611. The third kappa shape index (κ3) is 4.43. The zero-order chi connectivity index (χ0) is 17.6. The minimum absolute atomic E-state index is 0.0620. The van der Waals surface area contributed by atoms with E-state index in [4.69, 9.17) is 0 Å². The second kappa shape index (κ2) is 7.92. The summed E-state index contributed by atoms with van der Waals surface area (Å²) in [5.74, 6) is 0.652. The number of amides is 2. The van der Waals surface area contributed by atoms with Crippen molar-refractivity contribution in [2.45, 2.75) is 45.1 Å². The fraction of sp³-hybridized carbons (Fsp3) is 0.444. The Morgan fingerprint density at radius 2 is 2.08 bits per heavy atom. The Morgan fingerprint density at radius 3 is 2.80 bits per heavy atom. The van der Waals surface area contributed by atoms with E-state index in [2.05, 4.69) is 20.7 Å². The summed E-state index contributed by atoms with van der Waals surface area (Å²) in [6.07, 6.45) is 10.2. The Labute approximate surface area is 146 Å². The van der Waals surface area contributed by atoms with E-state index in [0.29, 0.717) is 23.8 Å². The average molecular weight is 341 g/mol. The minimum Gasteiger partial charge on any atom is -0.345 e. The molecule has 0 aromatic carbocycles. The van der Waals surface area contributed by atoms with Crippen LogP contribution in [0.1, 0.15) is 39.0 Å². The number of rotatable bonds is 6. The van der Waals surface area contributed by atoms with Crippen LogP contribution < -0.4 is 10.6 Å². The molecule has 0 saturated heterocycles. The molecule has 7 heteroatoms. The topological polar surface area (TPSA) is 88.9 Å². The summed E-state index contributed by atoms with van der Waals surface area (Å²) >= 11 is 0. The van der Waals surface area contributed by atoms with Crippen LogP contribution in [0, 0.1) is 5.92 Å². The van der Waals surface area contributed by atoms with E-state index in [1.807, 2.05) is 0 Å². The molecule has 0 bridgehead atoms. The molecule has 1 fully saturated rings. The molecular weight excluding hydrogens is 318 g/mol. The van der Waals surface area contributed by atoms with Gasteiger partial charge in [-0.3, -0.25) is 9.59 Å². The van der Waals surface area contributed by atoms with Crippen LogP contribution in [0.5, 0.6) is 0 Å². The molecule has 25 heavy (non-hydrogen) atoms. The van der Waals surface area contributed by atoms with Crippen molar-refractivity contribution in [3.05, 3.63) is 36.8 Å². The van der Waals surface area contributed by atoms with E-state index in [0.717, 1.165) is 12.8 Å². The molecule has 132 valence electrons. The smallest absolute Gasteiger partial charge is 0.246 e. The lowest BCUT2D eigenvalue weighted by atomic mass is 10.0. The first-order valence-corrected chi connectivity index (χ1v) is 8.69. The Hall–Kier alpha value is -2.70. The van der Waals surface area contributed by atoms with Crippen LogP contribution in [0.4, 0.5) is 5.69 Å². The van der Waals surface area contributed by atoms with Gasteiger partial charge in [-0.1, -0.05) is 12.8 Å². The maximum absolute atomic E-state index is 12.4. The van der Waals surface area contributed by atoms with Crippen molar-refractivity contribution in [1.29, 1.82) is 0 Å². The van der Waals surface area contributed by atoms with Gasteiger partial charge in [0.05, 0.1) is 5.69 Å². The van der Waals surface area contributed by atoms with Crippen LogP contribution in [-0.4, -0.2) is 32.6 Å². The molecule has 0 aliphatic heterocycles. The molecule has 2 heterocycles. The molecule has 0 spiro atoms. The third-order valence-corrected chi connectivity index (χ3v) is 4.49. The Bertz CT molecular complexity index is 723. The van der Waals surface area contributed by atoms with Gasteiger partial charge >= 0.3 is 0 Å². The summed E-state index contributed by atoms with van der Waals surface area (Å²) in [5.41, 5.74) is 0.549. The largest absolute Gasteiger partial charge is 0.345 e. The van der Waals surface area contributed by atoms with E-state index in [1.165, 1.54) is 12.8 Å². The highest BCUT2D eigenvalue weighted by atomic mass is 16.2. The number of aromatic nitrogens is 3. The molecule has 1 aliphatic carbocycles. The molecule has 2 amide bonds. The Balaban J connectivity index is 1.59. The maximum Gasteiger partial charge on any atom is 0.246 e. The summed E-state index contributed by atoms with van der Waals surface area (Å²) in [6, 6.07) is 4.67. The van der Waals surface area contributed by atoms with Crippen LogP contribution >= 0.6 is 0 Å². The number of hydrogen-bond acceptors (Lipinski definition) is 4. The Kier molecular flexibility index (Phi) is 5.42. The van der Waals surface area contributed by atoms with Gasteiger partial charge in [0.1, 0.15) is 6.04 Å². The third-order valence-electron chi connectivity index (χ3n) is 4.49. The normalized spacial score (nSPS) is 15.7. The molecule has 0 radical (unpaired) electrons. The van der Waals surface area contributed by atoms with Crippen molar-refractivity contribution in [1.82, 2.24) is 20.1 Å². The zero-order valence-electron chi connectivity index (χ0n) is 14.3. The molecule has 3 rings (SSSR count). The second-order valence-electron chi connectivity index (χ2n) is 6.46. The summed E-state index contributed by atoms with van der Waals surface area (Å²) in [6.45, 7) is 1.69. The molecule has 2 N–H and O–H groups in total. The fourth-order valence-electron chi connectivity index (χ4n) is 3.15. The van der Waals surface area contributed by atoms with Crippen LogP contribution in [0.3, 0.4) is 0 Å². The summed E-state index contributed by atoms with van der Waals surface area (Å²) in [4.78, 5) is 28.8. The standard InChI is InChI=1S/C18H23N5O2/c1-13(21-16(24)12-14-6-2-3-7-14)18(25)22-15-8-4-9-19-17(15)23-11-5-10-20-23/h4-5,8-11,13-14H,2-3,6-7,12H2,1H3,(H,21,24)(H,22,25)/t13-/m1/s1. The molecule has 2 aromatic heterocycles. The predicted molar refractivity (Wildman–Crippen MR) is 94.2 cm³/mol. The van der Waals surface area contributed by atoms with E-state index in [-0.39, 0.29) is 11.8 Å². The van der Waals surface area contributed by atoms with Gasteiger partial charge in [-0.15, -0.1) is 0 Å². The quantitative estimate of drug-likeness (QED) is 0.844. The van der Waals surface area contributed by atoms with E-state index in [9.17, 15) is 9.59 Å². The van der Waals surface area contributed by atoms with Crippen LogP contribution in [0.2, 0.25) is 0 Å². The van der Waals surface area contributed by atoms with Crippen molar-refractivity contribution < 1.29 is 9.59 Å². The van der Waals surface area contributed by atoms with Crippen molar-refractivity contribution in [3.8, 4) is 5.82 Å². The summed E-state index contributed by atoms with van der Waals surface area (Å²) in [5, 5.41) is 9.75. The zero-order valence-corrected chi connectivity index (χ0v) is 14.3. The first-order valence-electron chi connectivity index (χ1n) is 8.69. The summed E-state index contributed by atoms with van der Waals surface area (Å²) in [7, 11) is 0. The molecule has 7 nitrogen and oxygen atoms in total. The van der Waals surface area contributed by atoms with E-state index >= 15 is 0 Å². The van der Waals surface area contributed by atoms with E-state index < -0.39 is 6.04 Å². The first-order chi connectivity index (χ1) is 12.1. The SMILES string of the molecule is C[C@@H](NC(=O)CC1CCCC1)C(=O)Nc1cccnc1-n1cccn1. The lowest BCUT2D eigenvalue weighted by molar-refractivity contribution is -0.126. The van der Waals surface area contributed by atoms with Gasteiger partial charge in [-0.25, -0.2) is 9.67 Å². The van der Waals surface area contributed by atoms with Crippen molar-refractivity contribution in [3.63, 3.8) is 0 Å². The second-order valence-corrected chi connectivity index (χ2v) is 6.46. The van der Waals surface area contributed by atoms with Crippen molar-refractivity contribution in [2.24, 2.45) is 5.92 Å². The van der Waals surface area contributed by atoms with Crippen LogP contribution in [0.25, 0.3) is 5.82 Å². The molecule has 1 atom stereocenters.